The quantitative estimate of drug-likeness (QED) is 0.671. The van der Waals surface area contributed by atoms with Crippen LogP contribution in [0, 0.1) is 5.82 Å². The van der Waals surface area contributed by atoms with Crippen molar-refractivity contribution in [3.8, 4) is 5.75 Å². The Morgan fingerprint density at radius 3 is 2.83 bits per heavy atom. The first-order chi connectivity index (χ1) is 14.6. The van der Waals surface area contributed by atoms with Crippen molar-refractivity contribution in [2.45, 2.75) is 19.0 Å². The largest absolute Gasteiger partial charge is 0.489 e. The van der Waals surface area contributed by atoms with Gasteiger partial charge in [-0.05, 0) is 24.6 Å². The Hall–Kier alpha value is -3.35. The molecule has 0 saturated carbocycles. The molecule has 5 rings (SSSR count). The zero-order valence-electron chi connectivity index (χ0n) is 16.8. The molecule has 6 nitrogen and oxygen atoms in total. The summed E-state index contributed by atoms with van der Waals surface area (Å²) >= 11 is 0. The lowest BCUT2D eigenvalue weighted by Gasteiger charge is -2.34. The molecule has 0 bridgehead atoms. The Morgan fingerprint density at radius 1 is 1.17 bits per heavy atom. The number of aromatic nitrogens is 2. The normalized spacial score (nSPS) is 18.5. The second-order valence-electron chi connectivity index (χ2n) is 7.85. The number of hydrogen-bond acceptors (Lipinski definition) is 4. The predicted octanol–water partition coefficient (Wildman–Crippen LogP) is 2.97. The number of fused-ring (bicyclic) bond motifs is 2. The van der Waals surface area contributed by atoms with Gasteiger partial charge in [0.05, 0.1) is 18.3 Å². The molecule has 30 heavy (non-hydrogen) atoms. The number of para-hydroxylation sites is 2. The molecule has 2 aliphatic rings. The average molecular weight is 406 g/mol. The SMILES string of the molecule is CN1C[C@H](N2CCc3cn(Cc4ccccc4F)nc3C2=O)COc2ccccc21. The molecule has 154 valence electrons. The van der Waals surface area contributed by atoms with Gasteiger partial charge in [-0.25, -0.2) is 4.39 Å². The summed E-state index contributed by atoms with van der Waals surface area (Å²) in [7, 11) is 2.02. The van der Waals surface area contributed by atoms with Crippen LogP contribution >= 0.6 is 0 Å². The molecule has 1 amide bonds. The van der Waals surface area contributed by atoms with Gasteiger partial charge in [-0.15, -0.1) is 0 Å². The third kappa shape index (κ3) is 3.30. The van der Waals surface area contributed by atoms with E-state index in [0.29, 0.717) is 37.5 Å². The number of nitrogens with zero attached hydrogens (tertiary/aromatic N) is 4. The van der Waals surface area contributed by atoms with Gasteiger partial charge >= 0.3 is 0 Å². The summed E-state index contributed by atoms with van der Waals surface area (Å²) in [5.74, 6) is 0.482. The third-order valence-corrected chi connectivity index (χ3v) is 5.85. The van der Waals surface area contributed by atoms with Gasteiger partial charge in [-0.3, -0.25) is 9.48 Å². The molecule has 2 aliphatic heterocycles. The van der Waals surface area contributed by atoms with Crippen LogP contribution in [0.2, 0.25) is 0 Å². The Balaban J connectivity index is 1.35. The van der Waals surface area contributed by atoms with Crippen LogP contribution < -0.4 is 9.64 Å². The molecule has 0 radical (unpaired) electrons. The summed E-state index contributed by atoms with van der Waals surface area (Å²) in [5, 5.41) is 4.50. The predicted molar refractivity (Wildman–Crippen MR) is 111 cm³/mol. The van der Waals surface area contributed by atoms with Crippen molar-refractivity contribution in [1.29, 1.82) is 0 Å². The Kier molecular flexibility index (Phi) is 4.65. The number of halogens is 1. The van der Waals surface area contributed by atoms with Crippen LogP contribution in [0.25, 0.3) is 0 Å². The van der Waals surface area contributed by atoms with Gasteiger partial charge in [0, 0.05) is 37.5 Å². The molecule has 1 atom stereocenters. The summed E-state index contributed by atoms with van der Waals surface area (Å²) in [4.78, 5) is 17.2. The first kappa shape index (κ1) is 18.7. The van der Waals surface area contributed by atoms with Crippen LogP contribution in [0.4, 0.5) is 10.1 Å². The summed E-state index contributed by atoms with van der Waals surface area (Å²) in [6.45, 7) is 2.05. The lowest BCUT2D eigenvalue weighted by molar-refractivity contribution is 0.0604. The van der Waals surface area contributed by atoms with E-state index in [0.717, 1.165) is 23.4 Å². The van der Waals surface area contributed by atoms with Crippen molar-refractivity contribution < 1.29 is 13.9 Å². The van der Waals surface area contributed by atoms with E-state index >= 15 is 0 Å². The van der Waals surface area contributed by atoms with Crippen molar-refractivity contribution in [2.24, 2.45) is 0 Å². The van der Waals surface area contributed by atoms with E-state index in [4.69, 9.17) is 4.74 Å². The smallest absolute Gasteiger partial charge is 0.275 e. The molecule has 3 aromatic rings. The third-order valence-electron chi connectivity index (χ3n) is 5.85. The molecule has 0 saturated heterocycles. The minimum atomic E-state index is -0.267. The molecular weight excluding hydrogens is 383 g/mol. The molecule has 0 aliphatic carbocycles. The number of benzene rings is 2. The maximum atomic E-state index is 14.0. The van der Waals surface area contributed by atoms with Crippen molar-refractivity contribution in [3.63, 3.8) is 0 Å². The van der Waals surface area contributed by atoms with Crippen molar-refractivity contribution >= 4 is 11.6 Å². The number of anilines is 1. The molecule has 2 aromatic carbocycles. The lowest BCUT2D eigenvalue weighted by Crippen LogP contribution is -2.51. The molecule has 0 unspecified atom stereocenters. The number of carbonyl (C=O) groups excluding carboxylic acids is 1. The highest BCUT2D eigenvalue weighted by molar-refractivity contribution is 5.95. The van der Waals surface area contributed by atoms with Gasteiger partial charge < -0.3 is 14.5 Å². The van der Waals surface area contributed by atoms with Crippen molar-refractivity contribution in [2.75, 3.05) is 31.6 Å². The highest BCUT2D eigenvalue weighted by atomic mass is 19.1. The average Bonchev–Trinajstić information content (AvgIpc) is 3.09. The van der Waals surface area contributed by atoms with Crippen LogP contribution in [0.15, 0.2) is 54.7 Å². The topological polar surface area (TPSA) is 50.6 Å². The summed E-state index contributed by atoms with van der Waals surface area (Å²) in [6.07, 6.45) is 2.59. The van der Waals surface area contributed by atoms with E-state index in [1.54, 1.807) is 22.9 Å². The molecule has 0 spiro atoms. The van der Waals surface area contributed by atoms with E-state index in [1.807, 2.05) is 42.4 Å². The molecule has 3 heterocycles. The van der Waals surface area contributed by atoms with Crippen LogP contribution in [-0.4, -0.2) is 53.4 Å². The number of carbonyl (C=O) groups is 1. The van der Waals surface area contributed by atoms with Crippen molar-refractivity contribution in [3.05, 3.63) is 77.4 Å². The fourth-order valence-electron chi connectivity index (χ4n) is 4.27. The second kappa shape index (κ2) is 7.48. The molecule has 7 heteroatoms. The fraction of sp³-hybridized carbons (Fsp3) is 0.304. The number of hydrogen-bond donors (Lipinski definition) is 0. The number of amides is 1. The fourth-order valence-corrected chi connectivity index (χ4v) is 4.27. The van der Waals surface area contributed by atoms with Gasteiger partial charge in [0.15, 0.2) is 5.69 Å². The second-order valence-corrected chi connectivity index (χ2v) is 7.85. The van der Waals surface area contributed by atoms with Gasteiger partial charge in [0.2, 0.25) is 0 Å². The van der Waals surface area contributed by atoms with Gasteiger partial charge in [0.1, 0.15) is 18.2 Å². The molecular formula is C23H23FN4O2. The summed E-state index contributed by atoms with van der Waals surface area (Å²) in [5.41, 5.74) is 2.96. The van der Waals surface area contributed by atoms with E-state index in [-0.39, 0.29) is 17.8 Å². The zero-order valence-corrected chi connectivity index (χ0v) is 16.8. The van der Waals surface area contributed by atoms with Gasteiger partial charge in [-0.2, -0.15) is 5.10 Å². The standard InChI is InChI=1S/C23H23FN4O2/c1-26-14-18(15-30-21-9-5-4-8-20(21)26)28-11-10-17-13-27(25-22(17)23(28)29)12-16-6-2-3-7-19(16)24/h2-9,13,18H,10-12,14-15H2,1H3/t18-/m0/s1. The van der Waals surface area contributed by atoms with Crippen LogP contribution in [-0.2, 0) is 13.0 Å². The Labute approximate surface area is 174 Å². The highest BCUT2D eigenvalue weighted by Gasteiger charge is 2.35. The van der Waals surface area contributed by atoms with Gasteiger partial charge in [-0.1, -0.05) is 30.3 Å². The van der Waals surface area contributed by atoms with Crippen LogP contribution in [0.3, 0.4) is 0 Å². The number of likely N-dealkylation sites (N-methyl/N-ethyl adjacent to an activating group) is 1. The Bertz CT molecular complexity index is 1100. The lowest BCUT2D eigenvalue weighted by atomic mass is 10.0. The van der Waals surface area contributed by atoms with E-state index in [2.05, 4.69) is 10.00 Å². The Morgan fingerprint density at radius 2 is 1.97 bits per heavy atom. The van der Waals surface area contributed by atoms with Crippen LogP contribution in [0.5, 0.6) is 5.75 Å². The van der Waals surface area contributed by atoms with Gasteiger partial charge in [0.25, 0.3) is 5.91 Å². The van der Waals surface area contributed by atoms with E-state index in [9.17, 15) is 9.18 Å². The minimum absolute atomic E-state index is 0.0697. The summed E-state index contributed by atoms with van der Waals surface area (Å²) < 4.78 is 21.7. The molecule has 1 aromatic heterocycles. The molecule has 0 fully saturated rings. The van der Waals surface area contributed by atoms with E-state index < -0.39 is 0 Å². The maximum absolute atomic E-state index is 14.0. The maximum Gasteiger partial charge on any atom is 0.275 e. The number of ether oxygens (including phenoxy) is 1. The molecule has 0 N–H and O–H groups in total. The monoisotopic (exact) mass is 406 g/mol. The van der Waals surface area contributed by atoms with E-state index in [1.165, 1.54) is 6.07 Å². The first-order valence-electron chi connectivity index (χ1n) is 10.1. The highest BCUT2D eigenvalue weighted by Crippen LogP contribution is 2.31. The summed E-state index contributed by atoms with van der Waals surface area (Å²) in [6, 6.07) is 14.5. The first-order valence-corrected chi connectivity index (χ1v) is 10.1. The van der Waals surface area contributed by atoms with Crippen molar-refractivity contribution in [1.82, 2.24) is 14.7 Å². The number of rotatable bonds is 3. The zero-order chi connectivity index (χ0) is 20.7. The van der Waals surface area contributed by atoms with Crippen LogP contribution in [0.1, 0.15) is 21.6 Å². The minimum Gasteiger partial charge on any atom is -0.489 e.